The van der Waals surface area contributed by atoms with Crippen molar-refractivity contribution in [3.8, 4) is 5.75 Å². The van der Waals surface area contributed by atoms with E-state index in [9.17, 15) is 14.0 Å². The van der Waals surface area contributed by atoms with Gasteiger partial charge in [-0.3, -0.25) is 9.59 Å². The highest BCUT2D eigenvalue weighted by molar-refractivity contribution is 5.98. The Morgan fingerprint density at radius 3 is 2.72 bits per heavy atom. The van der Waals surface area contributed by atoms with Gasteiger partial charge in [0, 0.05) is 24.8 Å². The molecule has 3 fully saturated rings. The Morgan fingerprint density at radius 1 is 1.17 bits per heavy atom. The van der Waals surface area contributed by atoms with Gasteiger partial charge in [-0.25, -0.2) is 4.39 Å². The summed E-state index contributed by atoms with van der Waals surface area (Å²) in [6, 6.07) is 13.5. The average Bonchev–Trinajstić information content (AvgIpc) is 2.73. The first-order valence-corrected chi connectivity index (χ1v) is 10.2. The molecule has 2 aromatic rings. The maximum atomic E-state index is 13.0. The quantitative estimate of drug-likeness (QED) is 0.839. The Hall–Kier alpha value is -2.89. The first-order chi connectivity index (χ1) is 14.0. The number of amides is 2. The predicted molar refractivity (Wildman–Crippen MR) is 104 cm³/mol. The van der Waals surface area contributed by atoms with Crippen molar-refractivity contribution >= 4 is 11.8 Å². The highest BCUT2D eigenvalue weighted by Crippen LogP contribution is 2.52. The molecule has 0 unspecified atom stereocenters. The zero-order valence-corrected chi connectivity index (χ0v) is 16.0. The number of para-hydroxylation sites is 1. The van der Waals surface area contributed by atoms with Gasteiger partial charge in [0.1, 0.15) is 11.6 Å². The molecule has 2 N–H and O–H groups in total. The Labute approximate surface area is 168 Å². The van der Waals surface area contributed by atoms with Crippen LogP contribution >= 0.6 is 0 Å². The Bertz CT molecular complexity index is 961. The highest BCUT2D eigenvalue weighted by atomic mass is 19.1. The summed E-state index contributed by atoms with van der Waals surface area (Å²) in [6.07, 6.45) is 3.24. The lowest BCUT2D eigenvalue weighted by molar-refractivity contribution is -0.146. The Balaban J connectivity index is 1.28. The number of fused-ring (bicyclic) bond motifs is 3. The molecule has 6 heteroatoms. The fraction of sp³-hybridized carbons (Fsp3) is 0.391. The van der Waals surface area contributed by atoms with Crippen LogP contribution in [0.2, 0.25) is 0 Å². The predicted octanol–water partition coefficient (Wildman–Crippen LogP) is 3.40. The van der Waals surface area contributed by atoms with Crippen molar-refractivity contribution < 1.29 is 18.7 Å². The summed E-state index contributed by atoms with van der Waals surface area (Å²) >= 11 is 0. The van der Waals surface area contributed by atoms with E-state index in [2.05, 4.69) is 10.6 Å². The van der Waals surface area contributed by atoms with Gasteiger partial charge >= 0.3 is 0 Å². The smallest absolute Gasteiger partial charge is 0.258 e. The molecule has 29 heavy (non-hydrogen) atoms. The largest absolute Gasteiger partial charge is 0.467 e. The number of rotatable bonds is 3. The third-order valence-electron chi connectivity index (χ3n) is 6.68. The van der Waals surface area contributed by atoms with Crippen LogP contribution < -0.4 is 15.4 Å². The number of carbonyl (C=O) groups is 2. The molecule has 4 aliphatic rings. The standard InChI is InChI=1S/C23H23FN2O3/c24-17-9-5-14(6-10-17)13-25-21(27)19-11-16-8-7-15(19)12-23(16)26-22(28)18-3-1-2-4-20(18)29-23/h1-6,9-10,15-16,19H,7-8,11-13H2,(H,25,27)(H,26,28)/t15-,16+,19-,23+/m1/s1. The zero-order chi connectivity index (χ0) is 20.0. The van der Waals surface area contributed by atoms with Crippen molar-refractivity contribution in [3.05, 3.63) is 65.5 Å². The molecule has 2 amide bonds. The minimum atomic E-state index is -0.706. The van der Waals surface area contributed by atoms with Crippen LogP contribution in [0.25, 0.3) is 0 Å². The number of benzene rings is 2. The molecule has 4 atom stereocenters. The lowest BCUT2D eigenvalue weighted by Crippen LogP contribution is -2.66. The van der Waals surface area contributed by atoms with E-state index in [4.69, 9.17) is 4.74 Å². The fourth-order valence-electron chi connectivity index (χ4n) is 5.20. The zero-order valence-electron chi connectivity index (χ0n) is 16.0. The molecule has 0 radical (unpaired) electrons. The van der Waals surface area contributed by atoms with Gasteiger partial charge in [-0.1, -0.05) is 24.3 Å². The van der Waals surface area contributed by atoms with Crippen LogP contribution in [0.5, 0.6) is 5.75 Å². The third kappa shape index (κ3) is 3.16. The van der Waals surface area contributed by atoms with Gasteiger partial charge in [-0.2, -0.15) is 0 Å². The molecule has 1 spiro atoms. The molecule has 2 aromatic carbocycles. The molecular weight excluding hydrogens is 371 g/mol. The van der Waals surface area contributed by atoms with Crippen molar-refractivity contribution in [1.82, 2.24) is 10.6 Å². The van der Waals surface area contributed by atoms with Crippen LogP contribution in [0.3, 0.4) is 0 Å². The first kappa shape index (κ1) is 18.2. The maximum Gasteiger partial charge on any atom is 0.258 e. The molecule has 3 saturated carbocycles. The Morgan fingerprint density at radius 2 is 1.97 bits per heavy atom. The van der Waals surface area contributed by atoms with Gasteiger partial charge in [0.15, 0.2) is 5.72 Å². The highest BCUT2D eigenvalue weighted by Gasteiger charge is 2.57. The molecule has 1 heterocycles. The second-order valence-corrected chi connectivity index (χ2v) is 8.37. The molecule has 6 rings (SSSR count). The van der Waals surface area contributed by atoms with E-state index in [0.29, 0.717) is 30.7 Å². The lowest BCUT2D eigenvalue weighted by atomic mass is 9.60. The molecular formula is C23H23FN2O3. The minimum absolute atomic E-state index is 0.0291. The molecule has 1 aliphatic heterocycles. The van der Waals surface area contributed by atoms with Gasteiger partial charge in [0.2, 0.25) is 5.91 Å². The van der Waals surface area contributed by atoms with Crippen LogP contribution in [0.15, 0.2) is 48.5 Å². The number of carbonyl (C=O) groups excluding carboxylic acids is 2. The Kier molecular flexibility index (Phi) is 4.30. The summed E-state index contributed by atoms with van der Waals surface area (Å²) in [7, 11) is 0. The summed E-state index contributed by atoms with van der Waals surface area (Å²) in [5, 5.41) is 6.11. The second kappa shape index (κ2) is 6.87. The van der Waals surface area contributed by atoms with Crippen molar-refractivity contribution in [1.29, 1.82) is 0 Å². The summed E-state index contributed by atoms with van der Waals surface area (Å²) in [5.41, 5.74) is 0.729. The van der Waals surface area contributed by atoms with E-state index in [1.54, 1.807) is 18.2 Å². The summed E-state index contributed by atoms with van der Waals surface area (Å²) in [6.45, 7) is 0.388. The number of ether oxygens (including phenoxy) is 1. The van der Waals surface area contributed by atoms with E-state index in [1.807, 2.05) is 18.2 Å². The van der Waals surface area contributed by atoms with E-state index in [1.165, 1.54) is 12.1 Å². The number of hydrogen-bond donors (Lipinski definition) is 2. The molecule has 3 aliphatic carbocycles. The van der Waals surface area contributed by atoms with Crippen molar-refractivity contribution in [2.45, 2.75) is 38.0 Å². The average molecular weight is 394 g/mol. The molecule has 0 aromatic heterocycles. The van der Waals surface area contributed by atoms with Gasteiger partial charge in [0.25, 0.3) is 5.91 Å². The molecule has 150 valence electrons. The van der Waals surface area contributed by atoms with Crippen LogP contribution in [0.4, 0.5) is 4.39 Å². The van der Waals surface area contributed by atoms with Crippen LogP contribution in [0.1, 0.15) is 41.6 Å². The SMILES string of the molecule is O=C1N[C@@]2(C[C@H]3CC[C@H]2C[C@H]3C(=O)NCc2ccc(F)cc2)Oc2ccccc21. The normalized spacial score (nSPS) is 29.7. The van der Waals surface area contributed by atoms with Crippen LogP contribution in [-0.4, -0.2) is 17.5 Å². The summed E-state index contributed by atoms with van der Waals surface area (Å²) in [5.74, 6) is 0.452. The van der Waals surface area contributed by atoms with Gasteiger partial charge in [-0.15, -0.1) is 0 Å². The fourth-order valence-corrected chi connectivity index (χ4v) is 5.20. The van der Waals surface area contributed by atoms with Gasteiger partial charge in [0.05, 0.1) is 5.56 Å². The van der Waals surface area contributed by atoms with Crippen molar-refractivity contribution in [2.75, 3.05) is 0 Å². The van der Waals surface area contributed by atoms with Crippen LogP contribution in [0, 0.1) is 23.6 Å². The van der Waals surface area contributed by atoms with Crippen LogP contribution in [-0.2, 0) is 11.3 Å². The monoisotopic (exact) mass is 394 g/mol. The minimum Gasteiger partial charge on any atom is -0.467 e. The molecule has 5 nitrogen and oxygen atoms in total. The third-order valence-corrected chi connectivity index (χ3v) is 6.68. The topological polar surface area (TPSA) is 67.4 Å². The van der Waals surface area contributed by atoms with E-state index in [0.717, 1.165) is 18.4 Å². The summed E-state index contributed by atoms with van der Waals surface area (Å²) in [4.78, 5) is 25.5. The van der Waals surface area contributed by atoms with Crippen molar-refractivity contribution in [2.24, 2.45) is 17.8 Å². The molecule has 2 bridgehead atoms. The lowest BCUT2D eigenvalue weighted by Gasteiger charge is -2.55. The first-order valence-electron chi connectivity index (χ1n) is 10.2. The maximum absolute atomic E-state index is 13.0. The number of halogens is 1. The van der Waals surface area contributed by atoms with E-state index >= 15 is 0 Å². The summed E-state index contributed by atoms with van der Waals surface area (Å²) < 4.78 is 19.4. The van der Waals surface area contributed by atoms with Crippen molar-refractivity contribution in [3.63, 3.8) is 0 Å². The van der Waals surface area contributed by atoms with E-state index < -0.39 is 5.72 Å². The second-order valence-electron chi connectivity index (χ2n) is 8.37. The molecule has 0 saturated heterocycles. The van der Waals surface area contributed by atoms with Gasteiger partial charge in [-0.05, 0) is 55.0 Å². The number of hydrogen-bond acceptors (Lipinski definition) is 3. The number of nitrogens with one attached hydrogen (secondary N) is 2. The van der Waals surface area contributed by atoms with Gasteiger partial charge < -0.3 is 15.4 Å². The van der Waals surface area contributed by atoms with E-state index in [-0.39, 0.29) is 35.4 Å².